The zero-order valence-electron chi connectivity index (χ0n) is 11.8. The van der Waals surface area contributed by atoms with Crippen molar-refractivity contribution >= 4 is 10.0 Å². The quantitative estimate of drug-likeness (QED) is 0.879. The number of hydrogen-bond acceptors (Lipinski definition) is 4. The SMILES string of the molecule is CN(Cc1cccnc1)S(=O)(=O)Cc1ccc(CO)cc1. The van der Waals surface area contributed by atoms with Crippen molar-refractivity contribution in [2.75, 3.05) is 7.05 Å². The summed E-state index contributed by atoms with van der Waals surface area (Å²) in [5.41, 5.74) is 2.31. The van der Waals surface area contributed by atoms with Gasteiger partial charge in [-0.25, -0.2) is 12.7 Å². The summed E-state index contributed by atoms with van der Waals surface area (Å²) in [7, 11) is -1.83. The predicted molar refractivity (Wildman–Crippen MR) is 80.7 cm³/mol. The summed E-state index contributed by atoms with van der Waals surface area (Å²) in [5.74, 6) is -0.0600. The Kier molecular flexibility index (Phi) is 5.06. The van der Waals surface area contributed by atoms with Crippen molar-refractivity contribution in [2.24, 2.45) is 0 Å². The third-order valence-corrected chi connectivity index (χ3v) is 4.93. The monoisotopic (exact) mass is 306 g/mol. The molecular weight excluding hydrogens is 288 g/mol. The van der Waals surface area contributed by atoms with E-state index in [1.807, 2.05) is 6.07 Å². The number of benzene rings is 1. The molecule has 0 fully saturated rings. The van der Waals surface area contributed by atoms with Crippen molar-refractivity contribution in [1.29, 1.82) is 0 Å². The molecule has 0 aliphatic carbocycles. The molecule has 0 atom stereocenters. The Balaban J connectivity index is 2.06. The fraction of sp³-hybridized carbons (Fsp3) is 0.267. The molecule has 0 aliphatic heterocycles. The highest BCUT2D eigenvalue weighted by Gasteiger charge is 2.18. The van der Waals surface area contributed by atoms with Crippen LogP contribution in [0.1, 0.15) is 16.7 Å². The van der Waals surface area contributed by atoms with Crippen LogP contribution in [0.3, 0.4) is 0 Å². The minimum absolute atomic E-state index is 0.0477. The Bertz CT molecular complexity index is 670. The van der Waals surface area contributed by atoms with Gasteiger partial charge in [-0.1, -0.05) is 30.3 Å². The summed E-state index contributed by atoms with van der Waals surface area (Å²) < 4.78 is 26.0. The zero-order chi connectivity index (χ0) is 15.3. The molecule has 2 rings (SSSR count). The number of hydrogen-bond donors (Lipinski definition) is 1. The number of nitrogens with zero attached hydrogens (tertiary/aromatic N) is 2. The van der Waals surface area contributed by atoms with Crippen LogP contribution in [0.15, 0.2) is 48.8 Å². The zero-order valence-corrected chi connectivity index (χ0v) is 12.6. The molecule has 112 valence electrons. The molecule has 5 nitrogen and oxygen atoms in total. The lowest BCUT2D eigenvalue weighted by Gasteiger charge is -2.17. The topological polar surface area (TPSA) is 70.5 Å². The van der Waals surface area contributed by atoms with E-state index in [2.05, 4.69) is 4.98 Å². The molecule has 0 amide bonds. The molecule has 0 saturated carbocycles. The summed E-state index contributed by atoms with van der Waals surface area (Å²) in [6, 6.07) is 10.5. The second kappa shape index (κ2) is 6.80. The average molecular weight is 306 g/mol. The maximum Gasteiger partial charge on any atom is 0.218 e. The van der Waals surface area contributed by atoms with Gasteiger partial charge >= 0.3 is 0 Å². The van der Waals surface area contributed by atoms with E-state index in [1.165, 1.54) is 4.31 Å². The molecule has 1 aromatic heterocycles. The van der Waals surface area contributed by atoms with E-state index < -0.39 is 10.0 Å². The van der Waals surface area contributed by atoms with E-state index in [0.717, 1.165) is 11.1 Å². The van der Waals surface area contributed by atoms with E-state index in [9.17, 15) is 8.42 Å². The van der Waals surface area contributed by atoms with Gasteiger partial charge in [-0.05, 0) is 22.8 Å². The van der Waals surface area contributed by atoms with Crippen molar-refractivity contribution in [3.05, 3.63) is 65.5 Å². The van der Waals surface area contributed by atoms with E-state index >= 15 is 0 Å². The first-order chi connectivity index (χ1) is 10.0. The molecular formula is C15H18N2O3S. The Morgan fingerprint density at radius 1 is 1.10 bits per heavy atom. The van der Waals surface area contributed by atoms with Gasteiger partial charge < -0.3 is 5.11 Å². The molecule has 1 N–H and O–H groups in total. The first-order valence-corrected chi connectivity index (χ1v) is 8.14. The van der Waals surface area contributed by atoms with Crippen LogP contribution in [0, 0.1) is 0 Å². The summed E-state index contributed by atoms with van der Waals surface area (Å²) in [6.45, 7) is 0.249. The first kappa shape index (κ1) is 15.6. The van der Waals surface area contributed by atoms with Crippen LogP contribution in [0.2, 0.25) is 0 Å². The Morgan fingerprint density at radius 3 is 2.33 bits per heavy atom. The van der Waals surface area contributed by atoms with Gasteiger partial charge in [0.25, 0.3) is 0 Å². The molecule has 0 bridgehead atoms. The third-order valence-electron chi connectivity index (χ3n) is 3.16. The van der Waals surface area contributed by atoms with Gasteiger partial charge in [-0.15, -0.1) is 0 Å². The maximum atomic E-state index is 12.3. The first-order valence-electron chi connectivity index (χ1n) is 6.53. The second-order valence-corrected chi connectivity index (χ2v) is 6.92. The average Bonchev–Trinajstić information content (AvgIpc) is 2.48. The van der Waals surface area contributed by atoms with Gasteiger partial charge in [0.1, 0.15) is 0 Å². The minimum Gasteiger partial charge on any atom is -0.392 e. The normalized spacial score (nSPS) is 11.8. The van der Waals surface area contributed by atoms with Crippen molar-refractivity contribution < 1.29 is 13.5 Å². The van der Waals surface area contributed by atoms with Crippen LogP contribution < -0.4 is 0 Å². The van der Waals surface area contributed by atoms with Gasteiger partial charge in [-0.3, -0.25) is 4.98 Å². The Morgan fingerprint density at radius 2 is 1.76 bits per heavy atom. The second-order valence-electron chi connectivity index (χ2n) is 4.85. The standard InChI is InChI=1S/C15H18N2O3S/c1-17(10-15-3-2-8-16-9-15)21(19,20)12-14-6-4-13(11-18)5-7-14/h2-9,18H,10-12H2,1H3. The summed E-state index contributed by atoms with van der Waals surface area (Å²) in [4.78, 5) is 3.98. The van der Waals surface area contributed by atoms with Gasteiger partial charge in [0.15, 0.2) is 0 Å². The highest BCUT2D eigenvalue weighted by molar-refractivity contribution is 7.88. The van der Waals surface area contributed by atoms with Gasteiger partial charge in [0.05, 0.1) is 12.4 Å². The smallest absolute Gasteiger partial charge is 0.218 e. The van der Waals surface area contributed by atoms with E-state index in [1.54, 1.807) is 49.8 Å². The number of aliphatic hydroxyl groups is 1. The molecule has 1 heterocycles. The fourth-order valence-electron chi connectivity index (χ4n) is 1.91. The lowest BCUT2D eigenvalue weighted by molar-refractivity contribution is 0.282. The molecule has 6 heteroatoms. The van der Waals surface area contributed by atoms with Crippen molar-refractivity contribution in [1.82, 2.24) is 9.29 Å². The van der Waals surface area contributed by atoms with Crippen molar-refractivity contribution in [3.8, 4) is 0 Å². The minimum atomic E-state index is -3.39. The summed E-state index contributed by atoms with van der Waals surface area (Å²) in [6.07, 6.45) is 3.31. The van der Waals surface area contributed by atoms with Crippen LogP contribution in [-0.4, -0.2) is 29.9 Å². The number of aromatic nitrogens is 1. The van der Waals surface area contributed by atoms with Gasteiger partial charge in [0, 0.05) is 26.0 Å². The highest BCUT2D eigenvalue weighted by atomic mass is 32.2. The van der Waals surface area contributed by atoms with E-state index in [4.69, 9.17) is 5.11 Å². The molecule has 1 aromatic carbocycles. The third kappa shape index (κ3) is 4.35. The Hall–Kier alpha value is -1.76. The molecule has 0 saturated heterocycles. The number of pyridine rings is 1. The molecule has 0 radical (unpaired) electrons. The van der Waals surface area contributed by atoms with Crippen LogP contribution in [0.5, 0.6) is 0 Å². The number of aliphatic hydroxyl groups excluding tert-OH is 1. The Labute approximate surface area is 124 Å². The van der Waals surface area contributed by atoms with Crippen molar-refractivity contribution in [2.45, 2.75) is 18.9 Å². The fourth-order valence-corrected chi connectivity index (χ4v) is 3.09. The maximum absolute atomic E-state index is 12.3. The molecule has 0 aliphatic rings. The summed E-state index contributed by atoms with van der Waals surface area (Å²) >= 11 is 0. The van der Waals surface area contributed by atoms with Crippen molar-refractivity contribution in [3.63, 3.8) is 0 Å². The number of sulfonamides is 1. The summed E-state index contributed by atoms with van der Waals surface area (Å²) in [5, 5.41) is 8.98. The highest BCUT2D eigenvalue weighted by Crippen LogP contribution is 2.13. The molecule has 0 unspecified atom stereocenters. The van der Waals surface area contributed by atoms with Gasteiger partial charge in [0.2, 0.25) is 10.0 Å². The van der Waals surface area contributed by atoms with Gasteiger partial charge in [-0.2, -0.15) is 0 Å². The van der Waals surface area contributed by atoms with Crippen LogP contribution in [0.25, 0.3) is 0 Å². The van der Waals surface area contributed by atoms with Crippen LogP contribution in [0.4, 0.5) is 0 Å². The lowest BCUT2D eigenvalue weighted by Crippen LogP contribution is -2.27. The largest absolute Gasteiger partial charge is 0.392 e. The van der Waals surface area contributed by atoms with Crippen LogP contribution >= 0.6 is 0 Å². The van der Waals surface area contributed by atoms with E-state index in [-0.39, 0.29) is 12.4 Å². The lowest BCUT2D eigenvalue weighted by atomic mass is 10.2. The number of rotatable bonds is 6. The molecule has 0 spiro atoms. The van der Waals surface area contributed by atoms with Crippen LogP contribution in [-0.2, 0) is 28.9 Å². The van der Waals surface area contributed by atoms with E-state index in [0.29, 0.717) is 12.1 Å². The predicted octanol–water partition coefficient (Wildman–Crippen LogP) is 1.54. The molecule has 2 aromatic rings. The molecule has 21 heavy (non-hydrogen) atoms.